The number of carbonyl (C=O) groups excluding carboxylic acids is 1. The molecule has 1 rings (SSSR count). The van der Waals surface area contributed by atoms with Gasteiger partial charge in [-0.1, -0.05) is 6.92 Å². The molecule has 116 valence electrons. The summed E-state index contributed by atoms with van der Waals surface area (Å²) in [5.74, 6) is -2.40. The topological polar surface area (TPSA) is 70.5 Å². The number of hydrogen-bond donors (Lipinski definition) is 1. The Morgan fingerprint density at radius 1 is 1.38 bits per heavy atom. The average molecular weight is 304 g/mol. The van der Waals surface area contributed by atoms with Crippen LogP contribution in [-0.2, 0) is 11.0 Å². The second-order valence-electron chi connectivity index (χ2n) is 4.75. The van der Waals surface area contributed by atoms with Crippen LogP contribution in [0.3, 0.4) is 0 Å². The van der Waals surface area contributed by atoms with Crippen molar-refractivity contribution < 1.29 is 27.9 Å². The van der Waals surface area contributed by atoms with Crippen LogP contribution in [0.15, 0.2) is 12.1 Å². The molecule has 21 heavy (non-hydrogen) atoms. The predicted octanol–water partition coefficient (Wildman–Crippen LogP) is 2.20. The van der Waals surface area contributed by atoms with E-state index in [1.54, 1.807) is 0 Å². The molecular formula is C13H15F3N2O3. The number of aryl methyl sites for hydroxylation is 1. The van der Waals surface area contributed by atoms with Crippen molar-refractivity contribution in [2.75, 3.05) is 13.6 Å². The highest BCUT2D eigenvalue weighted by Gasteiger charge is 2.33. The number of carbonyl (C=O) groups is 2. The molecule has 8 heteroatoms. The molecule has 1 aromatic heterocycles. The maximum Gasteiger partial charge on any atom is 0.433 e. The van der Waals surface area contributed by atoms with Crippen LogP contribution >= 0.6 is 0 Å². The fourth-order valence-electron chi connectivity index (χ4n) is 1.72. The zero-order valence-corrected chi connectivity index (χ0v) is 11.7. The van der Waals surface area contributed by atoms with Gasteiger partial charge in [-0.15, -0.1) is 0 Å². The number of nitrogens with zero attached hydrogens (tertiary/aromatic N) is 2. The van der Waals surface area contributed by atoms with Gasteiger partial charge in [0.2, 0.25) is 0 Å². The summed E-state index contributed by atoms with van der Waals surface area (Å²) in [5, 5.41) is 8.79. The monoisotopic (exact) mass is 304 g/mol. The number of halogens is 3. The summed E-state index contributed by atoms with van der Waals surface area (Å²) in [4.78, 5) is 27.4. The van der Waals surface area contributed by atoms with Crippen LogP contribution in [-0.4, -0.2) is 40.5 Å². The van der Waals surface area contributed by atoms with Gasteiger partial charge >= 0.3 is 12.1 Å². The summed E-state index contributed by atoms with van der Waals surface area (Å²) in [5.41, 5.74) is -1.11. The standard InChI is InChI=1S/C13H15F3N2O3/c1-7(12(20)21)6-18(3)11(19)9-4-5-10(13(14,15)16)17-8(9)2/h4-5,7H,6H2,1-3H3,(H,20,21). The van der Waals surface area contributed by atoms with E-state index in [9.17, 15) is 22.8 Å². The molecular weight excluding hydrogens is 289 g/mol. The number of carboxylic acids is 1. The first-order valence-electron chi connectivity index (χ1n) is 6.07. The fraction of sp³-hybridized carbons (Fsp3) is 0.462. The van der Waals surface area contributed by atoms with E-state index in [0.717, 1.165) is 17.0 Å². The van der Waals surface area contributed by atoms with E-state index < -0.39 is 29.7 Å². The summed E-state index contributed by atoms with van der Waals surface area (Å²) < 4.78 is 37.5. The molecule has 0 radical (unpaired) electrons. The van der Waals surface area contributed by atoms with Gasteiger partial charge < -0.3 is 10.0 Å². The van der Waals surface area contributed by atoms with Gasteiger partial charge in [0.15, 0.2) is 0 Å². The number of rotatable bonds is 4. The number of aliphatic carboxylic acids is 1. The minimum absolute atomic E-state index is 0.0167. The van der Waals surface area contributed by atoms with Crippen molar-refractivity contribution in [3.05, 3.63) is 29.1 Å². The van der Waals surface area contributed by atoms with Gasteiger partial charge in [0.05, 0.1) is 17.2 Å². The van der Waals surface area contributed by atoms with E-state index in [1.807, 2.05) is 0 Å². The molecule has 0 saturated heterocycles. The van der Waals surface area contributed by atoms with Gasteiger partial charge in [-0.2, -0.15) is 13.2 Å². The normalized spacial score (nSPS) is 12.9. The summed E-state index contributed by atoms with van der Waals surface area (Å²) in [6, 6.07) is 1.78. The SMILES string of the molecule is Cc1nc(C(F)(F)F)ccc1C(=O)N(C)CC(C)C(=O)O. The van der Waals surface area contributed by atoms with E-state index in [0.29, 0.717) is 0 Å². The maximum absolute atomic E-state index is 12.5. The van der Waals surface area contributed by atoms with Crippen LogP contribution < -0.4 is 0 Å². The van der Waals surface area contributed by atoms with Crippen LogP contribution in [0.4, 0.5) is 13.2 Å². The minimum Gasteiger partial charge on any atom is -0.481 e. The molecule has 1 amide bonds. The quantitative estimate of drug-likeness (QED) is 0.925. The van der Waals surface area contributed by atoms with Gasteiger partial charge in [0.1, 0.15) is 5.69 Å². The smallest absolute Gasteiger partial charge is 0.433 e. The van der Waals surface area contributed by atoms with Crippen LogP contribution in [0.2, 0.25) is 0 Å². The minimum atomic E-state index is -4.57. The molecule has 0 fully saturated rings. The van der Waals surface area contributed by atoms with E-state index in [2.05, 4.69) is 4.98 Å². The zero-order valence-electron chi connectivity index (χ0n) is 11.7. The lowest BCUT2D eigenvalue weighted by molar-refractivity contribution is -0.142. The summed E-state index contributed by atoms with van der Waals surface area (Å²) >= 11 is 0. The highest BCUT2D eigenvalue weighted by Crippen LogP contribution is 2.28. The molecule has 0 aromatic carbocycles. The molecule has 5 nitrogen and oxygen atoms in total. The molecule has 0 aliphatic rings. The number of hydrogen-bond acceptors (Lipinski definition) is 3. The highest BCUT2D eigenvalue weighted by molar-refractivity contribution is 5.95. The summed E-state index contributed by atoms with van der Waals surface area (Å²) in [6.07, 6.45) is -4.57. The van der Waals surface area contributed by atoms with E-state index >= 15 is 0 Å². The molecule has 0 aliphatic carbocycles. The Bertz CT molecular complexity index is 558. The van der Waals surface area contributed by atoms with Gasteiger partial charge in [-0.3, -0.25) is 9.59 Å². The lowest BCUT2D eigenvalue weighted by Gasteiger charge is -2.20. The third kappa shape index (κ3) is 4.17. The van der Waals surface area contributed by atoms with Gasteiger partial charge in [0, 0.05) is 13.6 Å². The first-order valence-corrected chi connectivity index (χ1v) is 6.07. The van der Waals surface area contributed by atoms with Crippen molar-refractivity contribution in [3.8, 4) is 0 Å². The number of amides is 1. The molecule has 1 aromatic rings. The number of carboxylic acid groups (broad SMARTS) is 1. The van der Waals surface area contributed by atoms with Crippen LogP contribution in [0.25, 0.3) is 0 Å². The third-order valence-electron chi connectivity index (χ3n) is 2.92. The summed E-state index contributed by atoms with van der Waals surface area (Å²) in [6.45, 7) is 2.69. The Labute approximate surface area is 119 Å². The van der Waals surface area contributed by atoms with Gasteiger partial charge in [-0.25, -0.2) is 4.98 Å². The fourth-order valence-corrected chi connectivity index (χ4v) is 1.72. The van der Waals surface area contributed by atoms with Gasteiger partial charge in [-0.05, 0) is 19.1 Å². The van der Waals surface area contributed by atoms with E-state index in [1.165, 1.54) is 20.9 Å². The van der Waals surface area contributed by atoms with Crippen molar-refractivity contribution in [3.63, 3.8) is 0 Å². The van der Waals surface area contributed by atoms with E-state index in [-0.39, 0.29) is 17.8 Å². The first kappa shape index (κ1) is 16.9. The van der Waals surface area contributed by atoms with Crippen LogP contribution in [0, 0.1) is 12.8 Å². The number of pyridine rings is 1. The largest absolute Gasteiger partial charge is 0.481 e. The Kier molecular flexibility index (Phi) is 4.93. The molecule has 0 saturated carbocycles. The van der Waals surface area contributed by atoms with Crippen molar-refractivity contribution >= 4 is 11.9 Å². The van der Waals surface area contributed by atoms with Crippen molar-refractivity contribution in [1.82, 2.24) is 9.88 Å². The molecule has 1 atom stereocenters. The Morgan fingerprint density at radius 3 is 2.38 bits per heavy atom. The summed E-state index contributed by atoms with van der Waals surface area (Å²) in [7, 11) is 1.39. The highest BCUT2D eigenvalue weighted by atomic mass is 19.4. The molecule has 0 spiro atoms. The van der Waals surface area contributed by atoms with Crippen molar-refractivity contribution in [1.29, 1.82) is 0 Å². The molecule has 1 heterocycles. The second-order valence-corrected chi connectivity index (χ2v) is 4.75. The van der Waals surface area contributed by atoms with Crippen LogP contribution in [0.1, 0.15) is 28.7 Å². The zero-order chi connectivity index (χ0) is 16.4. The Balaban J connectivity index is 2.96. The lowest BCUT2D eigenvalue weighted by atomic mass is 10.1. The van der Waals surface area contributed by atoms with E-state index in [4.69, 9.17) is 5.11 Å². The number of alkyl halides is 3. The molecule has 1 N–H and O–H groups in total. The lowest BCUT2D eigenvalue weighted by Crippen LogP contribution is -2.34. The van der Waals surface area contributed by atoms with Crippen LogP contribution in [0.5, 0.6) is 0 Å². The molecule has 0 aliphatic heterocycles. The van der Waals surface area contributed by atoms with Crippen molar-refractivity contribution in [2.24, 2.45) is 5.92 Å². The van der Waals surface area contributed by atoms with Gasteiger partial charge in [0.25, 0.3) is 5.91 Å². The maximum atomic E-state index is 12.5. The first-order chi connectivity index (χ1) is 9.54. The van der Waals surface area contributed by atoms with Crippen molar-refractivity contribution in [2.45, 2.75) is 20.0 Å². The average Bonchev–Trinajstić information content (AvgIpc) is 2.36. The third-order valence-corrected chi connectivity index (χ3v) is 2.92. The number of aromatic nitrogens is 1. The Hall–Kier alpha value is -2.12. The second kappa shape index (κ2) is 6.11. The predicted molar refractivity (Wildman–Crippen MR) is 67.7 cm³/mol. The molecule has 1 unspecified atom stereocenters. The Morgan fingerprint density at radius 2 is 1.95 bits per heavy atom. The molecule has 0 bridgehead atoms.